The van der Waals surface area contributed by atoms with Crippen LogP contribution in [0.5, 0.6) is 5.75 Å². The van der Waals surface area contributed by atoms with E-state index in [9.17, 15) is 9.90 Å². The van der Waals surface area contributed by atoms with E-state index < -0.39 is 0 Å². The van der Waals surface area contributed by atoms with E-state index in [1.807, 2.05) is 29.2 Å². The molecule has 0 saturated heterocycles. The number of rotatable bonds is 7. The number of aliphatic hydroxyl groups excluding tert-OH is 1. The lowest BCUT2D eigenvalue weighted by molar-refractivity contribution is 0.111. The van der Waals surface area contributed by atoms with Crippen LogP contribution in [0.2, 0.25) is 5.15 Å². The molecule has 0 fully saturated rings. The van der Waals surface area contributed by atoms with Crippen molar-refractivity contribution in [2.24, 2.45) is 0 Å². The van der Waals surface area contributed by atoms with Crippen LogP contribution in [-0.4, -0.2) is 46.3 Å². The molecule has 0 radical (unpaired) electrons. The molecule has 0 bridgehead atoms. The number of fused-ring (bicyclic) bond motifs is 1. The van der Waals surface area contributed by atoms with Gasteiger partial charge in [0.25, 0.3) is 0 Å². The normalized spacial score (nSPS) is 10.8. The van der Waals surface area contributed by atoms with Crippen LogP contribution in [0.1, 0.15) is 16.1 Å². The van der Waals surface area contributed by atoms with Gasteiger partial charge in [0.15, 0.2) is 17.1 Å². The quantitative estimate of drug-likeness (QED) is 0.651. The minimum absolute atomic E-state index is 0.0382. The summed E-state index contributed by atoms with van der Waals surface area (Å²) in [4.78, 5) is 17.3. The molecule has 3 aromatic rings. The van der Waals surface area contributed by atoms with E-state index in [0.717, 1.165) is 11.3 Å². The van der Waals surface area contributed by atoms with Gasteiger partial charge in [-0.25, -0.2) is 9.50 Å². The van der Waals surface area contributed by atoms with Crippen LogP contribution in [0.25, 0.3) is 5.65 Å². The summed E-state index contributed by atoms with van der Waals surface area (Å²) in [5, 5.41) is 13.8. The Bertz CT molecular complexity index is 879. The molecule has 0 aliphatic carbocycles. The Labute approximate surface area is 149 Å². The van der Waals surface area contributed by atoms with Crippen LogP contribution in [0.3, 0.4) is 0 Å². The van der Waals surface area contributed by atoms with Gasteiger partial charge in [0.1, 0.15) is 11.4 Å². The highest BCUT2D eigenvalue weighted by Crippen LogP contribution is 2.26. The molecule has 0 spiro atoms. The largest absolute Gasteiger partial charge is 0.497 e. The number of aliphatic hydroxyl groups is 1. The lowest BCUT2D eigenvalue weighted by atomic mass is 10.2. The highest BCUT2D eigenvalue weighted by molar-refractivity contribution is 6.29. The number of carbonyl (C=O) groups excluding carboxylic acids is 1. The molecule has 1 N–H and O–H groups in total. The number of halogens is 1. The Balaban J connectivity index is 2.00. The van der Waals surface area contributed by atoms with Gasteiger partial charge in [-0.05, 0) is 17.7 Å². The Morgan fingerprint density at radius 3 is 2.76 bits per heavy atom. The van der Waals surface area contributed by atoms with Crippen molar-refractivity contribution in [1.29, 1.82) is 0 Å². The molecule has 8 heteroatoms. The maximum atomic E-state index is 11.1. The van der Waals surface area contributed by atoms with Crippen molar-refractivity contribution >= 4 is 29.2 Å². The molecular weight excluding hydrogens is 344 g/mol. The highest BCUT2D eigenvalue weighted by Gasteiger charge is 2.16. The topological polar surface area (TPSA) is 80.0 Å². The van der Waals surface area contributed by atoms with Crippen LogP contribution in [0.4, 0.5) is 5.69 Å². The van der Waals surface area contributed by atoms with Crippen molar-refractivity contribution in [3.63, 3.8) is 0 Å². The molecule has 130 valence electrons. The first-order valence-electron chi connectivity index (χ1n) is 7.64. The van der Waals surface area contributed by atoms with E-state index in [1.165, 1.54) is 10.7 Å². The minimum Gasteiger partial charge on any atom is -0.497 e. The van der Waals surface area contributed by atoms with Crippen molar-refractivity contribution in [3.05, 3.63) is 52.9 Å². The summed E-state index contributed by atoms with van der Waals surface area (Å²) in [5.41, 5.74) is 2.54. The van der Waals surface area contributed by atoms with Crippen LogP contribution >= 0.6 is 11.6 Å². The molecule has 0 atom stereocenters. The molecule has 0 aliphatic heterocycles. The molecule has 0 amide bonds. The number of aldehydes is 1. The average molecular weight is 361 g/mol. The van der Waals surface area contributed by atoms with Gasteiger partial charge in [-0.1, -0.05) is 23.7 Å². The summed E-state index contributed by atoms with van der Waals surface area (Å²) >= 11 is 6.12. The predicted octanol–water partition coefficient (Wildman–Crippen LogP) is 2.20. The van der Waals surface area contributed by atoms with E-state index >= 15 is 0 Å². The van der Waals surface area contributed by atoms with E-state index in [1.54, 1.807) is 13.2 Å². The maximum absolute atomic E-state index is 11.1. The van der Waals surface area contributed by atoms with Gasteiger partial charge < -0.3 is 14.7 Å². The van der Waals surface area contributed by atoms with Gasteiger partial charge in [0.2, 0.25) is 0 Å². The van der Waals surface area contributed by atoms with Crippen molar-refractivity contribution < 1.29 is 14.6 Å². The summed E-state index contributed by atoms with van der Waals surface area (Å²) in [5.74, 6) is 0.774. The number of nitrogens with zero attached hydrogens (tertiary/aromatic N) is 4. The van der Waals surface area contributed by atoms with Gasteiger partial charge in [-0.2, -0.15) is 5.10 Å². The summed E-state index contributed by atoms with van der Waals surface area (Å²) < 4.78 is 6.57. The molecule has 0 unspecified atom stereocenters. The number of benzene rings is 1. The van der Waals surface area contributed by atoms with E-state index in [2.05, 4.69) is 10.1 Å². The van der Waals surface area contributed by atoms with Crippen molar-refractivity contribution in [2.75, 3.05) is 25.2 Å². The lowest BCUT2D eigenvalue weighted by Crippen LogP contribution is -2.27. The zero-order valence-electron chi connectivity index (χ0n) is 13.6. The Morgan fingerprint density at radius 1 is 1.36 bits per heavy atom. The van der Waals surface area contributed by atoms with Gasteiger partial charge in [0, 0.05) is 19.2 Å². The summed E-state index contributed by atoms with van der Waals surface area (Å²) in [6, 6.07) is 9.33. The second kappa shape index (κ2) is 7.50. The summed E-state index contributed by atoms with van der Waals surface area (Å²) in [7, 11) is 1.62. The molecule has 7 nitrogen and oxygen atoms in total. The zero-order valence-corrected chi connectivity index (χ0v) is 14.3. The van der Waals surface area contributed by atoms with E-state index in [0.29, 0.717) is 36.4 Å². The molecule has 2 aromatic heterocycles. The monoisotopic (exact) mass is 360 g/mol. The predicted molar refractivity (Wildman–Crippen MR) is 94.5 cm³/mol. The number of carbonyl (C=O) groups is 1. The zero-order chi connectivity index (χ0) is 17.8. The third-order valence-corrected chi connectivity index (χ3v) is 3.99. The summed E-state index contributed by atoms with van der Waals surface area (Å²) in [6.07, 6.45) is 2.12. The van der Waals surface area contributed by atoms with Crippen molar-refractivity contribution in [3.8, 4) is 5.75 Å². The fourth-order valence-electron chi connectivity index (χ4n) is 2.61. The van der Waals surface area contributed by atoms with Crippen molar-refractivity contribution in [1.82, 2.24) is 14.6 Å². The number of imidazole rings is 1. The fraction of sp³-hybridized carbons (Fsp3) is 0.235. The molecule has 0 saturated carbocycles. The highest BCUT2D eigenvalue weighted by atomic mass is 35.5. The molecule has 0 aliphatic rings. The average Bonchev–Trinajstić information content (AvgIpc) is 3.04. The number of hydrogen-bond acceptors (Lipinski definition) is 6. The molecular formula is C17H17ClN4O3. The number of aromatic nitrogens is 3. The van der Waals surface area contributed by atoms with Crippen LogP contribution in [0.15, 0.2) is 36.5 Å². The molecule has 1 aromatic carbocycles. The standard InChI is InChI=1S/C17H17ClN4O3/c1-25-14-4-2-12(3-5-14)10-21(6-7-23)15-8-16(18)20-22-13(11-24)9-19-17(15)22/h2-5,8-9,11,23H,6-7,10H2,1H3. The summed E-state index contributed by atoms with van der Waals surface area (Å²) in [6.45, 7) is 0.874. The Hall–Kier alpha value is -2.64. The van der Waals surface area contributed by atoms with Gasteiger partial charge in [-0.3, -0.25) is 4.79 Å². The Kier molecular flexibility index (Phi) is 5.16. The van der Waals surface area contributed by atoms with Gasteiger partial charge in [-0.15, -0.1) is 0 Å². The second-order valence-corrected chi connectivity index (χ2v) is 5.77. The smallest absolute Gasteiger partial charge is 0.178 e. The van der Waals surface area contributed by atoms with Crippen LogP contribution < -0.4 is 9.64 Å². The third kappa shape index (κ3) is 3.57. The first kappa shape index (κ1) is 17.2. The molecule has 3 rings (SSSR count). The maximum Gasteiger partial charge on any atom is 0.178 e. The number of hydrogen-bond donors (Lipinski definition) is 1. The second-order valence-electron chi connectivity index (χ2n) is 5.38. The number of methoxy groups -OCH3 is 1. The Morgan fingerprint density at radius 2 is 2.12 bits per heavy atom. The first-order chi connectivity index (χ1) is 12.2. The minimum atomic E-state index is -0.0382. The van der Waals surface area contributed by atoms with Gasteiger partial charge in [0.05, 0.1) is 25.6 Å². The SMILES string of the molecule is COc1ccc(CN(CCO)c2cc(Cl)nn3c(C=O)cnc23)cc1. The number of ether oxygens (including phenoxy) is 1. The van der Waals surface area contributed by atoms with E-state index in [4.69, 9.17) is 16.3 Å². The van der Waals surface area contributed by atoms with Gasteiger partial charge >= 0.3 is 0 Å². The van der Waals surface area contributed by atoms with Crippen LogP contribution in [0, 0.1) is 0 Å². The van der Waals surface area contributed by atoms with Crippen molar-refractivity contribution in [2.45, 2.75) is 6.54 Å². The fourth-order valence-corrected chi connectivity index (χ4v) is 2.79. The molecule has 25 heavy (non-hydrogen) atoms. The number of anilines is 1. The lowest BCUT2D eigenvalue weighted by Gasteiger charge is -2.24. The van der Waals surface area contributed by atoms with E-state index in [-0.39, 0.29) is 11.8 Å². The first-order valence-corrected chi connectivity index (χ1v) is 8.02. The third-order valence-electron chi connectivity index (χ3n) is 3.81. The molecule has 2 heterocycles. The van der Waals surface area contributed by atoms with Crippen LogP contribution in [-0.2, 0) is 6.54 Å².